The second kappa shape index (κ2) is 7.85. The summed E-state index contributed by atoms with van der Waals surface area (Å²) in [6.45, 7) is 7.39. The first kappa shape index (κ1) is 14.7. The van der Waals surface area contributed by atoms with Gasteiger partial charge in [-0.2, -0.15) is 0 Å². The smallest absolute Gasteiger partial charge is 0.0593 e. The van der Waals surface area contributed by atoms with E-state index in [0.717, 1.165) is 36.9 Å². The first-order valence-electron chi connectivity index (χ1n) is 6.31. The molecule has 0 bridgehead atoms. The van der Waals surface area contributed by atoms with Crippen LogP contribution in [0.5, 0.6) is 0 Å². The van der Waals surface area contributed by atoms with Gasteiger partial charge in [-0.3, -0.25) is 0 Å². The van der Waals surface area contributed by atoms with Crippen molar-refractivity contribution in [2.45, 2.75) is 32.8 Å². The predicted octanol–water partition coefficient (Wildman–Crippen LogP) is 3.08. The van der Waals surface area contributed by atoms with Gasteiger partial charge in [0.05, 0.1) is 6.10 Å². The molecule has 0 aliphatic heterocycles. The molecule has 0 aromatic heterocycles. The number of aliphatic hydroxyl groups is 1. The molecule has 17 heavy (non-hydrogen) atoms. The zero-order chi connectivity index (χ0) is 12.7. The van der Waals surface area contributed by atoms with Crippen molar-refractivity contribution in [1.29, 1.82) is 0 Å². The molecule has 3 heteroatoms. The van der Waals surface area contributed by atoms with E-state index in [1.807, 2.05) is 18.2 Å². The fraction of sp³-hybridized carbons (Fsp3) is 0.571. The van der Waals surface area contributed by atoms with E-state index in [4.69, 9.17) is 0 Å². The van der Waals surface area contributed by atoms with Gasteiger partial charge in [0.1, 0.15) is 0 Å². The molecular formula is C14H22BrNO. The molecule has 1 N–H and O–H groups in total. The summed E-state index contributed by atoms with van der Waals surface area (Å²) in [6.07, 6.45) is 1.31. The minimum absolute atomic E-state index is 0.255. The summed E-state index contributed by atoms with van der Waals surface area (Å²) in [4.78, 5) is 2.34. The minimum atomic E-state index is -0.255. The van der Waals surface area contributed by atoms with Crippen LogP contribution in [0.15, 0.2) is 28.7 Å². The molecular weight excluding hydrogens is 278 g/mol. The Labute approximate surface area is 113 Å². The van der Waals surface area contributed by atoms with Crippen molar-refractivity contribution in [2.75, 3.05) is 19.6 Å². The Balaban J connectivity index is 2.39. The molecule has 0 fully saturated rings. The van der Waals surface area contributed by atoms with Gasteiger partial charge < -0.3 is 10.0 Å². The van der Waals surface area contributed by atoms with E-state index in [1.165, 1.54) is 5.56 Å². The average molecular weight is 300 g/mol. The molecule has 0 radical (unpaired) electrons. The van der Waals surface area contributed by atoms with E-state index in [0.29, 0.717) is 0 Å². The Bertz CT molecular complexity index is 326. The Morgan fingerprint density at radius 1 is 1.24 bits per heavy atom. The maximum absolute atomic E-state index is 10.0. The quantitative estimate of drug-likeness (QED) is 0.836. The molecule has 0 saturated carbocycles. The second-order valence-electron chi connectivity index (χ2n) is 4.26. The van der Waals surface area contributed by atoms with E-state index in [-0.39, 0.29) is 6.10 Å². The highest BCUT2D eigenvalue weighted by molar-refractivity contribution is 9.10. The minimum Gasteiger partial charge on any atom is -0.393 e. The number of benzene rings is 1. The van der Waals surface area contributed by atoms with E-state index in [2.05, 4.69) is 40.7 Å². The topological polar surface area (TPSA) is 23.5 Å². The molecule has 1 unspecified atom stereocenters. The Morgan fingerprint density at radius 2 is 1.88 bits per heavy atom. The van der Waals surface area contributed by atoms with Crippen molar-refractivity contribution in [2.24, 2.45) is 0 Å². The fourth-order valence-corrected chi connectivity index (χ4v) is 2.34. The van der Waals surface area contributed by atoms with Crippen LogP contribution in [-0.4, -0.2) is 35.7 Å². The van der Waals surface area contributed by atoms with Crippen LogP contribution < -0.4 is 0 Å². The summed E-state index contributed by atoms with van der Waals surface area (Å²) >= 11 is 3.51. The highest BCUT2D eigenvalue weighted by Crippen LogP contribution is 2.18. The van der Waals surface area contributed by atoms with Crippen molar-refractivity contribution in [3.05, 3.63) is 34.3 Å². The van der Waals surface area contributed by atoms with E-state index < -0.39 is 0 Å². The summed E-state index contributed by atoms with van der Waals surface area (Å²) in [6, 6.07) is 8.09. The van der Waals surface area contributed by atoms with Crippen molar-refractivity contribution in [3.8, 4) is 0 Å². The summed E-state index contributed by atoms with van der Waals surface area (Å²) < 4.78 is 1.09. The van der Waals surface area contributed by atoms with E-state index in [1.54, 1.807) is 0 Å². The monoisotopic (exact) mass is 299 g/mol. The number of hydrogen-bond donors (Lipinski definition) is 1. The molecule has 1 rings (SSSR count). The van der Waals surface area contributed by atoms with Crippen LogP contribution in [0.4, 0.5) is 0 Å². The van der Waals surface area contributed by atoms with Crippen LogP contribution in [0.2, 0.25) is 0 Å². The van der Waals surface area contributed by atoms with Crippen LogP contribution in [0.1, 0.15) is 25.8 Å². The first-order chi connectivity index (χ1) is 8.17. The third-order valence-electron chi connectivity index (χ3n) is 3.09. The van der Waals surface area contributed by atoms with Crippen LogP contribution >= 0.6 is 15.9 Å². The maximum atomic E-state index is 10.0. The summed E-state index contributed by atoms with van der Waals surface area (Å²) in [5.41, 5.74) is 1.18. The lowest BCUT2D eigenvalue weighted by atomic mass is 10.1. The largest absolute Gasteiger partial charge is 0.393 e. The van der Waals surface area contributed by atoms with Crippen LogP contribution in [0.25, 0.3) is 0 Å². The molecule has 0 spiro atoms. The van der Waals surface area contributed by atoms with Crippen molar-refractivity contribution < 1.29 is 5.11 Å². The molecule has 96 valence electrons. The maximum Gasteiger partial charge on any atom is 0.0593 e. The number of rotatable bonds is 7. The van der Waals surface area contributed by atoms with Crippen LogP contribution in [0.3, 0.4) is 0 Å². The Morgan fingerprint density at radius 3 is 2.47 bits per heavy atom. The van der Waals surface area contributed by atoms with E-state index >= 15 is 0 Å². The third-order valence-corrected chi connectivity index (χ3v) is 3.86. The van der Waals surface area contributed by atoms with Gasteiger partial charge in [0.25, 0.3) is 0 Å². The molecule has 0 saturated heterocycles. The molecule has 0 heterocycles. The number of halogens is 1. The van der Waals surface area contributed by atoms with Gasteiger partial charge >= 0.3 is 0 Å². The standard InChI is InChI=1S/C14H22BrNO/c1-3-16(4-2)10-9-13(17)11-12-7-5-6-8-14(12)15/h5-8,13,17H,3-4,9-11H2,1-2H3. The first-order valence-corrected chi connectivity index (χ1v) is 7.10. The van der Waals surface area contributed by atoms with Crippen molar-refractivity contribution in [3.63, 3.8) is 0 Å². The molecule has 0 amide bonds. The molecule has 1 aromatic rings. The molecule has 0 aliphatic carbocycles. The SMILES string of the molecule is CCN(CC)CCC(O)Cc1ccccc1Br. The Hall–Kier alpha value is -0.380. The van der Waals surface area contributed by atoms with Gasteiger partial charge in [0, 0.05) is 11.0 Å². The molecule has 1 aromatic carbocycles. The van der Waals surface area contributed by atoms with E-state index in [9.17, 15) is 5.11 Å². The van der Waals surface area contributed by atoms with Gasteiger partial charge in [0.2, 0.25) is 0 Å². The van der Waals surface area contributed by atoms with Gasteiger partial charge in [-0.1, -0.05) is 48.0 Å². The average Bonchev–Trinajstić information content (AvgIpc) is 2.33. The predicted molar refractivity (Wildman–Crippen MR) is 76.3 cm³/mol. The lowest BCUT2D eigenvalue weighted by molar-refractivity contribution is 0.143. The fourth-order valence-electron chi connectivity index (χ4n) is 1.89. The Kier molecular flexibility index (Phi) is 6.78. The van der Waals surface area contributed by atoms with Crippen molar-refractivity contribution >= 4 is 15.9 Å². The third kappa shape index (κ3) is 5.19. The van der Waals surface area contributed by atoms with Gasteiger partial charge in [-0.15, -0.1) is 0 Å². The van der Waals surface area contributed by atoms with Crippen LogP contribution in [-0.2, 0) is 6.42 Å². The second-order valence-corrected chi connectivity index (χ2v) is 5.12. The van der Waals surface area contributed by atoms with Crippen LogP contribution in [0, 0.1) is 0 Å². The summed E-state index contributed by atoms with van der Waals surface area (Å²) in [5, 5.41) is 10.0. The summed E-state index contributed by atoms with van der Waals surface area (Å²) in [7, 11) is 0. The number of aliphatic hydroxyl groups excluding tert-OH is 1. The molecule has 1 atom stereocenters. The van der Waals surface area contributed by atoms with Gasteiger partial charge in [-0.25, -0.2) is 0 Å². The zero-order valence-corrected chi connectivity index (χ0v) is 12.3. The number of hydrogen-bond acceptors (Lipinski definition) is 2. The molecule has 0 aliphatic rings. The number of nitrogens with zero attached hydrogens (tertiary/aromatic N) is 1. The highest BCUT2D eigenvalue weighted by atomic mass is 79.9. The van der Waals surface area contributed by atoms with Crippen molar-refractivity contribution in [1.82, 2.24) is 4.90 Å². The normalized spacial score (nSPS) is 13.0. The zero-order valence-electron chi connectivity index (χ0n) is 10.7. The van der Waals surface area contributed by atoms with Gasteiger partial charge in [-0.05, 0) is 37.6 Å². The lowest BCUT2D eigenvalue weighted by Crippen LogP contribution is -2.27. The van der Waals surface area contributed by atoms with Gasteiger partial charge in [0.15, 0.2) is 0 Å². The summed E-state index contributed by atoms with van der Waals surface area (Å²) in [5.74, 6) is 0. The molecule has 2 nitrogen and oxygen atoms in total. The highest BCUT2D eigenvalue weighted by Gasteiger charge is 2.09. The lowest BCUT2D eigenvalue weighted by Gasteiger charge is -2.20.